The van der Waals surface area contributed by atoms with Crippen molar-refractivity contribution in [3.63, 3.8) is 0 Å². The minimum Gasteiger partial charge on any atom is -0.494 e. The summed E-state index contributed by atoms with van der Waals surface area (Å²) in [6.07, 6.45) is 1.03. The normalized spacial score (nSPS) is 10.5. The summed E-state index contributed by atoms with van der Waals surface area (Å²) in [6, 6.07) is 12.8. The Balaban J connectivity index is 2.23. The lowest BCUT2D eigenvalue weighted by Crippen LogP contribution is -2.13. The Hall–Kier alpha value is -3.05. The lowest BCUT2D eigenvalue weighted by Gasteiger charge is -2.12. The molecule has 0 spiro atoms. The number of carbonyl (C=O) groups is 1. The maximum Gasteiger partial charge on any atom is 0.255 e. The van der Waals surface area contributed by atoms with Gasteiger partial charge >= 0.3 is 0 Å². The van der Waals surface area contributed by atoms with Gasteiger partial charge in [0.15, 0.2) is 0 Å². The fourth-order valence-electron chi connectivity index (χ4n) is 1.99. The maximum absolute atomic E-state index is 12.2. The number of rotatable bonds is 5. The van der Waals surface area contributed by atoms with E-state index in [9.17, 15) is 13.2 Å². The van der Waals surface area contributed by atoms with Crippen molar-refractivity contribution in [2.75, 3.05) is 23.4 Å². The van der Waals surface area contributed by atoms with Crippen molar-refractivity contribution in [2.45, 2.75) is 0 Å². The highest BCUT2D eigenvalue weighted by molar-refractivity contribution is 7.92. The predicted octanol–water partition coefficient (Wildman–Crippen LogP) is 2.19. The molecule has 0 aromatic heterocycles. The summed E-state index contributed by atoms with van der Waals surface area (Å²) in [7, 11) is -2.05. The second kappa shape index (κ2) is 7.02. The van der Waals surface area contributed by atoms with Crippen molar-refractivity contribution in [1.82, 2.24) is 0 Å². The number of methoxy groups -OCH3 is 1. The molecule has 0 bridgehead atoms. The van der Waals surface area contributed by atoms with Gasteiger partial charge in [-0.15, -0.1) is 0 Å². The minimum absolute atomic E-state index is 0.268. The predicted molar refractivity (Wildman–Crippen MR) is 90.6 cm³/mol. The van der Waals surface area contributed by atoms with E-state index in [-0.39, 0.29) is 11.4 Å². The zero-order valence-corrected chi connectivity index (χ0v) is 13.8. The monoisotopic (exact) mass is 345 g/mol. The average Bonchev–Trinajstić information content (AvgIpc) is 2.55. The van der Waals surface area contributed by atoms with Crippen molar-refractivity contribution in [3.8, 4) is 11.8 Å². The number of sulfonamides is 1. The Morgan fingerprint density at radius 3 is 2.58 bits per heavy atom. The van der Waals surface area contributed by atoms with Crippen molar-refractivity contribution >= 4 is 27.3 Å². The van der Waals surface area contributed by atoms with E-state index in [4.69, 9.17) is 10.00 Å². The van der Waals surface area contributed by atoms with E-state index in [0.29, 0.717) is 16.8 Å². The standard InChI is InChI=1S/C16H15N3O4S/c1-23-15-9-13(6-7-14(15)19-24(2,21)22)18-16(20)12-5-3-4-11(8-12)10-17/h3-9,19H,1-2H3,(H,18,20). The number of hydrogen-bond donors (Lipinski definition) is 2. The smallest absolute Gasteiger partial charge is 0.255 e. The molecule has 2 N–H and O–H groups in total. The van der Waals surface area contributed by atoms with E-state index in [1.165, 1.54) is 25.3 Å². The van der Waals surface area contributed by atoms with Gasteiger partial charge in [-0.05, 0) is 30.3 Å². The number of nitrogens with one attached hydrogen (secondary N) is 2. The number of hydrogen-bond acceptors (Lipinski definition) is 5. The van der Waals surface area contributed by atoms with E-state index >= 15 is 0 Å². The molecular weight excluding hydrogens is 330 g/mol. The van der Waals surface area contributed by atoms with Gasteiger partial charge in [0.2, 0.25) is 10.0 Å². The van der Waals surface area contributed by atoms with Gasteiger partial charge in [-0.2, -0.15) is 5.26 Å². The molecule has 0 heterocycles. The Kier molecular flexibility index (Phi) is 5.06. The highest BCUT2D eigenvalue weighted by Crippen LogP contribution is 2.28. The van der Waals surface area contributed by atoms with Gasteiger partial charge in [0.05, 0.1) is 30.7 Å². The molecule has 24 heavy (non-hydrogen) atoms. The molecule has 0 atom stereocenters. The van der Waals surface area contributed by atoms with Gasteiger partial charge in [0.1, 0.15) is 5.75 Å². The Morgan fingerprint density at radius 2 is 1.96 bits per heavy atom. The van der Waals surface area contributed by atoms with Crippen LogP contribution >= 0.6 is 0 Å². The second-order valence-corrected chi connectivity index (χ2v) is 6.68. The quantitative estimate of drug-likeness (QED) is 0.863. The highest BCUT2D eigenvalue weighted by Gasteiger charge is 2.11. The van der Waals surface area contributed by atoms with Gasteiger partial charge in [-0.1, -0.05) is 6.07 Å². The Bertz CT molecular complexity index is 917. The average molecular weight is 345 g/mol. The third-order valence-electron chi connectivity index (χ3n) is 3.01. The number of nitriles is 1. The van der Waals surface area contributed by atoms with Crippen LogP contribution in [-0.2, 0) is 10.0 Å². The second-order valence-electron chi connectivity index (χ2n) is 4.94. The molecule has 0 unspecified atom stereocenters. The molecule has 0 saturated heterocycles. The van der Waals surface area contributed by atoms with Crippen LogP contribution in [0.1, 0.15) is 15.9 Å². The third-order valence-corrected chi connectivity index (χ3v) is 3.60. The van der Waals surface area contributed by atoms with Gasteiger partial charge < -0.3 is 10.1 Å². The summed E-state index contributed by atoms with van der Waals surface area (Å²) in [4.78, 5) is 12.2. The summed E-state index contributed by atoms with van der Waals surface area (Å²) in [5, 5.41) is 11.5. The summed E-state index contributed by atoms with van der Waals surface area (Å²) in [5.74, 6) is -0.123. The number of benzene rings is 2. The summed E-state index contributed by atoms with van der Waals surface area (Å²) < 4.78 is 30.1. The fraction of sp³-hybridized carbons (Fsp3) is 0.125. The first-order valence-corrected chi connectivity index (χ1v) is 8.69. The third kappa shape index (κ3) is 4.47. The largest absolute Gasteiger partial charge is 0.494 e. The molecule has 2 rings (SSSR count). The first-order valence-electron chi connectivity index (χ1n) is 6.80. The Labute approximate surface area is 139 Å². The molecule has 0 aliphatic carbocycles. The highest BCUT2D eigenvalue weighted by atomic mass is 32.2. The SMILES string of the molecule is COc1cc(NC(=O)c2cccc(C#N)c2)ccc1NS(C)(=O)=O. The topological polar surface area (TPSA) is 108 Å². The summed E-state index contributed by atoms with van der Waals surface area (Å²) in [5.41, 5.74) is 1.42. The first-order chi connectivity index (χ1) is 11.3. The molecule has 7 nitrogen and oxygen atoms in total. The van der Waals surface area contributed by atoms with Crippen LogP contribution < -0.4 is 14.8 Å². The molecule has 2 aromatic carbocycles. The lowest BCUT2D eigenvalue weighted by molar-refractivity contribution is 0.102. The summed E-state index contributed by atoms with van der Waals surface area (Å²) >= 11 is 0. The maximum atomic E-state index is 12.2. The number of carbonyl (C=O) groups excluding carboxylic acids is 1. The van der Waals surface area contributed by atoms with Gasteiger partial charge in [-0.3, -0.25) is 9.52 Å². The van der Waals surface area contributed by atoms with E-state index < -0.39 is 15.9 Å². The number of nitrogens with zero attached hydrogens (tertiary/aromatic N) is 1. The van der Waals surface area contributed by atoms with Gasteiger partial charge in [0, 0.05) is 17.3 Å². The van der Waals surface area contributed by atoms with Gasteiger partial charge in [0.25, 0.3) is 5.91 Å². The van der Waals surface area contributed by atoms with E-state index in [2.05, 4.69) is 10.0 Å². The zero-order valence-electron chi connectivity index (χ0n) is 13.0. The molecule has 0 aliphatic heterocycles. The van der Waals surface area contributed by atoms with Crippen molar-refractivity contribution in [1.29, 1.82) is 5.26 Å². The van der Waals surface area contributed by atoms with Crippen LogP contribution in [0.25, 0.3) is 0 Å². The van der Waals surface area contributed by atoms with E-state index in [1.54, 1.807) is 24.3 Å². The molecule has 0 aliphatic rings. The molecule has 2 aromatic rings. The first kappa shape index (κ1) is 17.3. The van der Waals surface area contributed by atoms with Crippen LogP contribution in [0.15, 0.2) is 42.5 Å². The molecule has 1 amide bonds. The van der Waals surface area contributed by atoms with Crippen LogP contribution in [0.5, 0.6) is 5.75 Å². The van der Waals surface area contributed by atoms with E-state index in [1.807, 2.05) is 6.07 Å². The van der Waals surface area contributed by atoms with E-state index in [0.717, 1.165) is 6.26 Å². The van der Waals surface area contributed by atoms with Crippen LogP contribution in [-0.4, -0.2) is 27.7 Å². The Morgan fingerprint density at radius 1 is 1.21 bits per heavy atom. The van der Waals surface area contributed by atoms with Crippen LogP contribution in [0.4, 0.5) is 11.4 Å². The van der Waals surface area contributed by atoms with Gasteiger partial charge in [-0.25, -0.2) is 8.42 Å². The summed E-state index contributed by atoms with van der Waals surface area (Å²) in [6.45, 7) is 0. The number of amides is 1. The molecule has 0 radical (unpaired) electrons. The molecule has 8 heteroatoms. The fourth-order valence-corrected chi connectivity index (χ4v) is 2.55. The van der Waals surface area contributed by atoms with Crippen molar-refractivity contribution in [2.24, 2.45) is 0 Å². The van der Waals surface area contributed by atoms with Crippen molar-refractivity contribution in [3.05, 3.63) is 53.6 Å². The van der Waals surface area contributed by atoms with Crippen LogP contribution in [0.2, 0.25) is 0 Å². The van der Waals surface area contributed by atoms with Crippen LogP contribution in [0.3, 0.4) is 0 Å². The molecule has 124 valence electrons. The molecule has 0 fully saturated rings. The number of ether oxygens (including phenoxy) is 1. The molecular formula is C16H15N3O4S. The zero-order chi connectivity index (χ0) is 17.7. The number of anilines is 2. The lowest BCUT2D eigenvalue weighted by atomic mass is 10.1. The molecule has 0 saturated carbocycles. The van der Waals surface area contributed by atoms with Crippen molar-refractivity contribution < 1.29 is 17.9 Å². The van der Waals surface area contributed by atoms with Crippen LogP contribution in [0, 0.1) is 11.3 Å². The minimum atomic E-state index is -3.44.